The summed E-state index contributed by atoms with van der Waals surface area (Å²) in [5, 5.41) is 12.2. The summed E-state index contributed by atoms with van der Waals surface area (Å²) in [5.74, 6) is 0. The highest BCUT2D eigenvalue weighted by molar-refractivity contribution is 7.80. The van der Waals surface area contributed by atoms with Crippen molar-refractivity contribution in [3.63, 3.8) is 0 Å². The minimum absolute atomic E-state index is 0.0814. The number of alkyl halides is 3. The maximum Gasteiger partial charge on any atom is 0.408 e. The first-order chi connectivity index (χ1) is 9.32. The summed E-state index contributed by atoms with van der Waals surface area (Å²) in [6, 6.07) is 0. The van der Waals surface area contributed by atoms with Crippen molar-refractivity contribution >= 4 is 58.2 Å². The van der Waals surface area contributed by atoms with Crippen LogP contribution in [0, 0.1) is 0 Å². The molecule has 0 bridgehead atoms. The van der Waals surface area contributed by atoms with Gasteiger partial charge in [0, 0.05) is 0 Å². The molecule has 0 aliphatic carbocycles. The molecule has 112 valence electrons. The van der Waals surface area contributed by atoms with Crippen molar-refractivity contribution in [3.8, 4) is 0 Å². The smallest absolute Gasteiger partial charge is 0.408 e. The standard InChI is InChI=1S/C8H11Cl3N6O2S/c1-2-19-7(18)15-5(8(9,10)11)14-6(20)16-17-3-12-13-4-17/h3-5H,2H2,1H3,(H,15,18)(H2,14,16,20). The zero-order valence-electron chi connectivity index (χ0n) is 10.1. The maximum absolute atomic E-state index is 11.4. The SMILES string of the molecule is CCOC(=O)NC(NC(=S)Nn1cnnc1)C(Cl)(Cl)Cl. The van der Waals surface area contributed by atoms with Crippen LogP contribution in [-0.4, -0.2) is 42.6 Å². The quantitative estimate of drug-likeness (QED) is 0.420. The number of nitrogens with one attached hydrogen (secondary N) is 3. The monoisotopic (exact) mass is 360 g/mol. The van der Waals surface area contributed by atoms with Gasteiger partial charge < -0.3 is 10.1 Å². The molecule has 0 fully saturated rings. The van der Waals surface area contributed by atoms with Gasteiger partial charge in [0.1, 0.15) is 12.7 Å². The zero-order chi connectivity index (χ0) is 15.2. The molecule has 12 heteroatoms. The number of amides is 1. The van der Waals surface area contributed by atoms with E-state index in [4.69, 9.17) is 51.8 Å². The molecule has 0 aliphatic rings. The van der Waals surface area contributed by atoms with E-state index in [1.54, 1.807) is 6.92 Å². The summed E-state index contributed by atoms with van der Waals surface area (Å²) in [7, 11) is 0. The molecule has 1 heterocycles. The second-order valence-corrected chi connectivity index (χ2v) is 6.07. The predicted octanol–water partition coefficient (Wildman–Crippen LogP) is 1.14. The molecule has 1 atom stereocenters. The Bertz CT molecular complexity index is 452. The Balaban J connectivity index is 2.60. The van der Waals surface area contributed by atoms with Crippen LogP contribution in [0.1, 0.15) is 6.92 Å². The molecule has 0 aliphatic heterocycles. The van der Waals surface area contributed by atoms with Gasteiger partial charge in [-0.05, 0) is 19.1 Å². The second kappa shape index (κ2) is 7.67. The van der Waals surface area contributed by atoms with E-state index in [2.05, 4.69) is 26.3 Å². The number of halogens is 3. The molecular weight excluding hydrogens is 351 g/mol. The van der Waals surface area contributed by atoms with Crippen molar-refractivity contribution < 1.29 is 9.53 Å². The molecule has 0 saturated heterocycles. The van der Waals surface area contributed by atoms with Crippen LogP contribution in [0.15, 0.2) is 12.7 Å². The number of aromatic nitrogens is 3. The van der Waals surface area contributed by atoms with Crippen LogP contribution in [-0.2, 0) is 4.74 Å². The van der Waals surface area contributed by atoms with Gasteiger partial charge in [-0.3, -0.25) is 10.7 Å². The molecule has 0 spiro atoms. The van der Waals surface area contributed by atoms with Crippen LogP contribution in [0.5, 0.6) is 0 Å². The van der Waals surface area contributed by atoms with Gasteiger partial charge in [0.2, 0.25) is 3.79 Å². The first-order valence-electron chi connectivity index (χ1n) is 5.25. The summed E-state index contributed by atoms with van der Waals surface area (Å²) < 4.78 is 4.23. The average Bonchev–Trinajstić information content (AvgIpc) is 2.79. The molecule has 0 radical (unpaired) electrons. The van der Waals surface area contributed by atoms with Gasteiger partial charge in [0.25, 0.3) is 0 Å². The number of carbonyl (C=O) groups excluding carboxylic acids is 1. The molecule has 3 N–H and O–H groups in total. The number of carbonyl (C=O) groups is 1. The first-order valence-corrected chi connectivity index (χ1v) is 6.79. The fraction of sp³-hybridized carbons (Fsp3) is 0.500. The van der Waals surface area contributed by atoms with E-state index in [-0.39, 0.29) is 11.7 Å². The highest BCUT2D eigenvalue weighted by atomic mass is 35.6. The van der Waals surface area contributed by atoms with Gasteiger partial charge in [-0.15, -0.1) is 10.2 Å². The number of hydrogen-bond acceptors (Lipinski definition) is 5. The molecule has 8 nitrogen and oxygen atoms in total. The van der Waals surface area contributed by atoms with Gasteiger partial charge in [-0.2, -0.15) is 0 Å². The minimum Gasteiger partial charge on any atom is -0.450 e. The Morgan fingerprint density at radius 1 is 1.40 bits per heavy atom. The number of rotatable bonds is 4. The molecular formula is C8H11Cl3N6O2S. The lowest BCUT2D eigenvalue weighted by Gasteiger charge is -2.27. The summed E-state index contributed by atoms with van der Waals surface area (Å²) in [5.41, 5.74) is 2.67. The van der Waals surface area contributed by atoms with Crippen molar-refractivity contribution in [2.45, 2.75) is 16.9 Å². The van der Waals surface area contributed by atoms with Crippen LogP contribution in [0.4, 0.5) is 4.79 Å². The Morgan fingerprint density at radius 3 is 2.50 bits per heavy atom. The average molecular weight is 362 g/mol. The third-order valence-electron chi connectivity index (χ3n) is 1.79. The van der Waals surface area contributed by atoms with Crippen LogP contribution < -0.4 is 16.1 Å². The zero-order valence-corrected chi connectivity index (χ0v) is 13.2. The van der Waals surface area contributed by atoms with E-state index in [9.17, 15) is 4.79 Å². The molecule has 1 rings (SSSR count). The normalized spacial score (nSPS) is 12.4. The van der Waals surface area contributed by atoms with Crippen molar-refractivity contribution in [2.75, 3.05) is 12.0 Å². The molecule has 1 unspecified atom stereocenters. The molecule has 0 saturated carbocycles. The Labute approximate surface area is 135 Å². The minimum atomic E-state index is -1.84. The Hall–Kier alpha value is -1.03. The van der Waals surface area contributed by atoms with E-state index in [0.717, 1.165) is 0 Å². The summed E-state index contributed by atoms with van der Waals surface area (Å²) in [6.45, 7) is 1.83. The number of ether oxygens (including phenoxy) is 1. The lowest BCUT2D eigenvalue weighted by Crippen LogP contribution is -2.56. The topological polar surface area (TPSA) is 93.1 Å². The molecule has 1 aromatic rings. The maximum atomic E-state index is 11.4. The summed E-state index contributed by atoms with van der Waals surface area (Å²) in [4.78, 5) is 11.4. The van der Waals surface area contributed by atoms with E-state index < -0.39 is 16.1 Å². The summed E-state index contributed by atoms with van der Waals surface area (Å²) >= 11 is 22.2. The fourth-order valence-corrected chi connectivity index (χ4v) is 1.58. The van der Waals surface area contributed by atoms with Gasteiger partial charge in [-0.25, -0.2) is 9.47 Å². The highest BCUT2D eigenvalue weighted by Crippen LogP contribution is 2.29. The van der Waals surface area contributed by atoms with E-state index in [0.29, 0.717) is 0 Å². The van der Waals surface area contributed by atoms with Gasteiger partial charge in [-0.1, -0.05) is 34.8 Å². The first kappa shape index (κ1) is 17.0. The van der Waals surface area contributed by atoms with Crippen molar-refractivity contribution in [3.05, 3.63) is 12.7 Å². The van der Waals surface area contributed by atoms with Crippen LogP contribution in [0.25, 0.3) is 0 Å². The van der Waals surface area contributed by atoms with E-state index in [1.807, 2.05) is 0 Å². The number of alkyl carbamates (subject to hydrolysis) is 1. The molecule has 1 aromatic heterocycles. The lowest BCUT2D eigenvalue weighted by atomic mass is 10.5. The largest absolute Gasteiger partial charge is 0.450 e. The van der Waals surface area contributed by atoms with Gasteiger partial charge >= 0.3 is 6.09 Å². The van der Waals surface area contributed by atoms with E-state index in [1.165, 1.54) is 17.3 Å². The molecule has 0 aromatic carbocycles. The van der Waals surface area contributed by atoms with Crippen molar-refractivity contribution in [2.24, 2.45) is 0 Å². The number of thiocarbonyl (C=S) groups is 1. The van der Waals surface area contributed by atoms with Crippen LogP contribution in [0.3, 0.4) is 0 Å². The lowest BCUT2D eigenvalue weighted by molar-refractivity contribution is 0.147. The number of nitrogens with zero attached hydrogens (tertiary/aromatic N) is 3. The van der Waals surface area contributed by atoms with Crippen molar-refractivity contribution in [1.29, 1.82) is 0 Å². The second-order valence-electron chi connectivity index (χ2n) is 3.29. The summed E-state index contributed by atoms with van der Waals surface area (Å²) in [6.07, 6.45) is 0.903. The molecule has 1 amide bonds. The van der Waals surface area contributed by atoms with Gasteiger partial charge in [0.05, 0.1) is 6.61 Å². The highest BCUT2D eigenvalue weighted by Gasteiger charge is 2.35. The molecule has 20 heavy (non-hydrogen) atoms. The fourth-order valence-electron chi connectivity index (χ4n) is 1.03. The Morgan fingerprint density at radius 2 is 2.00 bits per heavy atom. The third-order valence-corrected chi connectivity index (χ3v) is 2.65. The van der Waals surface area contributed by atoms with Gasteiger partial charge in [0.15, 0.2) is 11.3 Å². The third kappa shape index (κ3) is 5.95. The van der Waals surface area contributed by atoms with Crippen LogP contribution >= 0.6 is 47.0 Å². The van der Waals surface area contributed by atoms with Crippen molar-refractivity contribution in [1.82, 2.24) is 25.5 Å². The predicted molar refractivity (Wildman–Crippen MR) is 79.4 cm³/mol. The van der Waals surface area contributed by atoms with Crippen LogP contribution in [0.2, 0.25) is 0 Å². The Kier molecular flexibility index (Phi) is 6.53. The number of hydrogen-bond donors (Lipinski definition) is 3. The van der Waals surface area contributed by atoms with E-state index >= 15 is 0 Å².